The molecular formula is C18H19BrN2O2S. The molecule has 1 heterocycles. The van der Waals surface area contributed by atoms with Crippen molar-refractivity contribution in [3.05, 3.63) is 63.6 Å². The zero-order valence-corrected chi connectivity index (χ0v) is 16.1. The fourth-order valence-corrected chi connectivity index (χ4v) is 5.05. The lowest BCUT2D eigenvalue weighted by Gasteiger charge is -2.22. The maximum atomic E-state index is 13.1. The van der Waals surface area contributed by atoms with Crippen LogP contribution in [-0.2, 0) is 16.4 Å². The SMILES string of the molecule is Cc1cc(C)c(S(=O)(=O)N2CCN=C2Cc2ccccc2)cc1Br. The predicted molar refractivity (Wildman–Crippen MR) is 100.0 cm³/mol. The Hall–Kier alpha value is -1.66. The quantitative estimate of drug-likeness (QED) is 0.776. The van der Waals surface area contributed by atoms with E-state index in [9.17, 15) is 8.42 Å². The molecule has 3 rings (SSSR count). The standard InChI is InChI=1S/C18H19BrN2O2S/c1-13-10-14(2)17(12-16(13)19)24(22,23)21-9-8-20-18(21)11-15-6-4-3-5-7-15/h3-7,10,12H,8-9,11H2,1-2H3. The summed E-state index contributed by atoms with van der Waals surface area (Å²) in [5.41, 5.74) is 2.83. The Morgan fingerprint density at radius 1 is 1.12 bits per heavy atom. The van der Waals surface area contributed by atoms with Gasteiger partial charge in [0.15, 0.2) is 0 Å². The molecule has 2 aromatic carbocycles. The molecule has 0 unspecified atom stereocenters. The van der Waals surface area contributed by atoms with Gasteiger partial charge in [-0.1, -0.05) is 52.3 Å². The van der Waals surface area contributed by atoms with Crippen molar-refractivity contribution in [3.8, 4) is 0 Å². The van der Waals surface area contributed by atoms with Gasteiger partial charge in [-0.15, -0.1) is 0 Å². The molecule has 4 nitrogen and oxygen atoms in total. The summed E-state index contributed by atoms with van der Waals surface area (Å²) in [6.45, 7) is 4.69. The number of rotatable bonds is 4. The minimum atomic E-state index is -3.61. The fraction of sp³-hybridized carbons (Fsp3) is 0.278. The predicted octanol–water partition coefficient (Wildman–Crippen LogP) is 3.71. The molecule has 0 saturated heterocycles. The lowest BCUT2D eigenvalue weighted by molar-refractivity contribution is 0.535. The van der Waals surface area contributed by atoms with Gasteiger partial charge in [-0.3, -0.25) is 9.30 Å². The van der Waals surface area contributed by atoms with Crippen LogP contribution in [0.1, 0.15) is 16.7 Å². The maximum Gasteiger partial charge on any atom is 0.265 e. The molecule has 0 N–H and O–H groups in total. The van der Waals surface area contributed by atoms with Crippen LogP contribution in [-0.4, -0.2) is 31.6 Å². The normalized spacial score (nSPS) is 14.8. The molecule has 1 aliphatic rings. The first-order valence-electron chi connectivity index (χ1n) is 7.76. The molecule has 0 bridgehead atoms. The van der Waals surface area contributed by atoms with Crippen molar-refractivity contribution in [2.75, 3.05) is 13.1 Å². The van der Waals surface area contributed by atoms with Gasteiger partial charge in [0.1, 0.15) is 5.84 Å². The van der Waals surface area contributed by atoms with Crippen LogP contribution in [0.2, 0.25) is 0 Å². The van der Waals surface area contributed by atoms with E-state index in [0.717, 1.165) is 21.2 Å². The van der Waals surface area contributed by atoms with Gasteiger partial charge in [-0.25, -0.2) is 8.42 Å². The number of aliphatic imine (C=N–C) groups is 1. The van der Waals surface area contributed by atoms with Gasteiger partial charge in [-0.05, 0) is 36.6 Å². The van der Waals surface area contributed by atoms with Crippen molar-refractivity contribution in [2.45, 2.75) is 25.2 Å². The third-order valence-corrected chi connectivity index (χ3v) is 6.94. The lowest BCUT2D eigenvalue weighted by atomic mass is 10.1. The van der Waals surface area contributed by atoms with Crippen molar-refractivity contribution < 1.29 is 8.42 Å². The minimum Gasteiger partial charge on any atom is -0.269 e. The van der Waals surface area contributed by atoms with Gasteiger partial charge in [-0.2, -0.15) is 0 Å². The second-order valence-electron chi connectivity index (χ2n) is 5.90. The minimum absolute atomic E-state index is 0.336. The molecule has 0 radical (unpaired) electrons. The number of halogens is 1. The van der Waals surface area contributed by atoms with Crippen LogP contribution >= 0.6 is 15.9 Å². The van der Waals surface area contributed by atoms with E-state index in [0.29, 0.717) is 30.2 Å². The summed E-state index contributed by atoms with van der Waals surface area (Å²) in [5, 5.41) is 0. The summed E-state index contributed by atoms with van der Waals surface area (Å²) >= 11 is 3.44. The Kier molecular flexibility index (Phi) is 4.78. The van der Waals surface area contributed by atoms with E-state index >= 15 is 0 Å². The molecule has 6 heteroatoms. The first-order chi connectivity index (χ1) is 11.4. The van der Waals surface area contributed by atoms with Gasteiger partial charge >= 0.3 is 0 Å². The summed E-state index contributed by atoms with van der Waals surface area (Å²) in [6.07, 6.45) is 0.520. The molecule has 0 aliphatic carbocycles. The molecule has 0 amide bonds. The molecule has 0 fully saturated rings. The van der Waals surface area contributed by atoms with Crippen LogP contribution in [0.25, 0.3) is 0 Å². The van der Waals surface area contributed by atoms with Crippen LogP contribution < -0.4 is 0 Å². The number of benzene rings is 2. The van der Waals surface area contributed by atoms with Gasteiger partial charge < -0.3 is 0 Å². The van der Waals surface area contributed by atoms with Crippen molar-refractivity contribution in [1.29, 1.82) is 0 Å². The van der Waals surface area contributed by atoms with Crippen molar-refractivity contribution in [1.82, 2.24) is 4.31 Å². The van der Waals surface area contributed by atoms with Crippen LogP contribution in [0.5, 0.6) is 0 Å². The van der Waals surface area contributed by atoms with Crippen molar-refractivity contribution in [3.63, 3.8) is 0 Å². The van der Waals surface area contributed by atoms with Gasteiger partial charge in [0.25, 0.3) is 10.0 Å². The summed E-state index contributed by atoms with van der Waals surface area (Å²) in [4.78, 5) is 4.76. The molecule has 0 saturated carbocycles. The summed E-state index contributed by atoms with van der Waals surface area (Å²) in [7, 11) is -3.61. The molecule has 0 aromatic heterocycles. The van der Waals surface area contributed by atoms with Crippen molar-refractivity contribution >= 4 is 31.8 Å². The van der Waals surface area contributed by atoms with Crippen LogP contribution in [0, 0.1) is 13.8 Å². The molecule has 2 aromatic rings. The van der Waals surface area contributed by atoms with E-state index in [1.807, 2.05) is 50.2 Å². The second kappa shape index (κ2) is 6.69. The van der Waals surface area contributed by atoms with E-state index in [1.165, 1.54) is 4.31 Å². The Balaban J connectivity index is 1.95. The number of aryl methyl sites for hydroxylation is 2. The molecule has 24 heavy (non-hydrogen) atoms. The maximum absolute atomic E-state index is 13.1. The van der Waals surface area contributed by atoms with E-state index < -0.39 is 10.0 Å². The van der Waals surface area contributed by atoms with E-state index in [1.54, 1.807) is 6.07 Å². The zero-order valence-electron chi connectivity index (χ0n) is 13.7. The number of sulfonamides is 1. The highest BCUT2D eigenvalue weighted by molar-refractivity contribution is 9.10. The Morgan fingerprint density at radius 3 is 2.54 bits per heavy atom. The number of hydrogen-bond acceptors (Lipinski definition) is 3. The summed E-state index contributed by atoms with van der Waals surface area (Å²) < 4.78 is 28.5. The molecule has 0 spiro atoms. The molecule has 0 atom stereocenters. The van der Waals surface area contributed by atoms with Gasteiger partial charge in [0.05, 0.1) is 18.0 Å². The fourth-order valence-electron chi connectivity index (χ4n) is 2.86. The smallest absolute Gasteiger partial charge is 0.265 e. The second-order valence-corrected chi connectivity index (χ2v) is 8.59. The third-order valence-electron chi connectivity index (χ3n) is 4.11. The van der Waals surface area contributed by atoms with E-state index in [-0.39, 0.29) is 0 Å². The highest BCUT2D eigenvalue weighted by Gasteiger charge is 2.31. The molecule has 126 valence electrons. The number of nitrogens with zero attached hydrogens (tertiary/aromatic N) is 2. The van der Waals surface area contributed by atoms with E-state index in [2.05, 4.69) is 20.9 Å². The Labute approximate surface area is 151 Å². The van der Waals surface area contributed by atoms with E-state index in [4.69, 9.17) is 0 Å². The lowest BCUT2D eigenvalue weighted by Crippen LogP contribution is -2.35. The largest absolute Gasteiger partial charge is 0.269 e. The molecule has 1 aliphatic heterocycles. The average molecular weight is 407 g/mol. The van der Waals surface area contributed by atoms with Crippen LogP contribution in [0.4, 0.5) is 0 Å². The number of hydrogen-bond donors (Lipinski definition) is 0. The average Bonchev–Trinajstić information content (AvgIpc) is 3.00. The molecular weight excluding hydrogens is 388 g/mol. The van der Waals surface area contributed by atoms with Gasteiger partial charge in [0, 0.05) is 10.9 Å². The third kappa shape index (κ3) is 3.26. The van der Waals surface area contributed by atoms with Crippen LogP contribution in [0.3, 0.4) is 0 Å². The Morgan fingerprint density at radius 2 is 1.83 bits per heavy atom. The van der Waals surface area contributed by atoms with Crippen molar-refractivity contribution in [2.24, 2.45) is 4.99 Å². The monoisotopic (exact) mass is 406 g/mol. The summed E-state index contributed by atoms with van der Waals surface area (Å²) in [6, 6.07) is 13.4. The topological polar surface area (TPSA) is 49.7 Å². The Bertz CT molecular complexity index is 893. The number of amidine groups is 1. The highest BCUT2D eigenvalue weighted by Crippen LogP contribution is 2.28. The van der Waals surface area contributed by atoms with Gasteiger partial charge in [0.2, 0.25) is 0 Å². The highest BCUT2D eigenvalue weighted by atomic mass is 79.9. The first-order valence-corrected chi connectivity index (χ1v) is 9.99. The first kappa shape index (κ1) is 17.2. The zero-order chi connectivity index (χ0) is 17.3. The van der Waals surface area contributed by atoms with Crippen LogP contribution in [0.15, 0.2) is 56.8 Å². The summed E-state index contributed by atoms with van der Waals surface area (Å²) in [5.74, 6) is 0.609.